The zero-order chi connectivity index (χ0) is 16.7. The monoisotopic (exact) mass is 339 g/mol. The number of aromatic nitrogens is 2. The summed E-state index contributed by atoms with van der Waals surface area (Å²) in [5.74, 6) is 0.602. The second-order valence-electron chi connectivity index (χ2n) is 5.06. The largest absolute Gasteiger partial charge is 0.491 e. The van der Waals surface area contributed by atoms with Gasteiger partial charge in [-0.25, -0.2) is 13.1 Å². The van der Waals surface area contributed by atoms with Crippen LogP contribution < -0.4 is 9.46 Å². The summed E-state index contributed by atoms with van der Waals surface area (Å²) < 4.78 is 39.3. The van der Waals surface area contributed by atoms with Crippen molar-refractivity contribution in [2.24, 2.45) is 0 Å². The molecule has 1 heterocycles. The Bertz CT molecular complexity index is 684. The van der Waals surface area contributed by atoms with Gasteiger partial charge in [0.25, 0.3) is 0 Å². The number of hydrogen-bond donors (Lipinski definition) is 1. The van der Waals surface area contributed by atoms with E-state index in [2.05, 4.69) is 9.82 Å². The Morgan fingerprint density at radius 1 is 1.26 bits per heavy atom. The van der Waals surface area contributed by atoms with E-state index in [1.807, 2.05) is 0 Å². The van der Waals surface area contributed by atoms with Crippen molar-refractivity contribution in [3.8, 4) is 5.75 Å². The molecule has 1 unspecified atom stereocenters. The summed E-state index contributed by atoms with van der Waals surface area (Å²) in [6.45, 7) is 3.15. The van der Waals surface area contributed by atoms with Crippen molar-refractivity contribution >= 4 is 10.0 Å². The molecule has 23 heavy (non-hydrogen) atoms. The van der Waals surface area contributed by atoms with Gasteiger partial charge in [0.15, 0.2) is 0 Å². The van der Waals surface area contributed by atoms with Crippen LogP contribution in [-0.4, -0.2) is 44.6 Å². The molecule has 1 N–H and O–H groups in total. The minimum absolute atomic E-state index is 0.198. The number of benzene rings is 1. The van der Waals surface area contributed by atoms with Gasteiger partial charge in [0.1, 0.15) is 12.4 Å². The Hall–Kier alpha value is -1.90. The Labute approximate surface area is 136 Å². The van der Waals surface area contributed by atoms with Crippen molar-refractivity contribution in [2.75, 3.05) is 20.3 Å². The molecule has 1 aromatic carbocycles. The van der Waals surface area contributed by atoms with Gasteiger partial charge in [0, 0.05) is 25.5 Å². The highest BCUT2D eigenvalue weighted by Gasteiger charge is 2.17. The lowest BCUT2D eigenvalue weighted by atomic mass is 10.3. The van der Waals surface area contributed by atoms with E-state index in [1.165, 1.54) is 12.1 Å². The van der Waals surface area contributed by atoms with Gasteiger partial charge >= 0.3 is 0 Å². The lowest BCUT2D eigenvalue weighted by Gasteiger charge is -2.14. The third kappa shape index (κ3) is 5.34. The van der Waals surface area contributed by atoms with Crippen LogP contribution in [0, 0.1) is 0 Å². The maximum Gasteiger partial charge on any atom is 0.240 e. The molecule has 8 heteroatoms. The SMILES string of the molecule is COCCOc1ccc(S(=O)(=O)NC(C)Cn2cccn2)cc1. The predicted molar refractivity (Wildman–Crippen MR) is 85.8 cm³/mol. The van der Waals surface area contributed by atoms with Crippen LogP contribution in [0.3, 0.4) is 0 Å². The van der Waals surface area contributed by atoms with Gasteiger partial charge in [-0.15, -0.1) is 0 Å². The Kier molecular flexibility index (Phi) is 6.14. The molecule has 1 aromatic heterocycles. The van der Waals surface area contributed by atoms with Crippen LogP contribution >= 0.6 is 0 Å². The highest BCUT2D eigenvalue weighted by atomic mass is 32.2. The highest BCUT2D eigenvalue weighted by molar-refractivity contribution is 7.89. The van der Waals surface area contributed by atoms with E-state index in [-0.39, 0.29) is 10.9 Å². The molecule has 0 aliphatic rings. The molecule has 7 nitrogen and oxygen atoms in total. The molecule has 0 bridgehead atoms. The zero-order valence-corrected chi connectivity index (χ0v) is 14.0. The summed E-state index contributed by atoms with van der Waals surface area (Å²) in [5.41, 5.74) is 0. The van der Waals surface area contributed by atoms with Crippen molar-refractivity contribution < 1.29 is 17.9 Å². The molecular formula is C15H21N3O4S. The van der Waals surface area contributed by atoms with Crippen LogP contribution in [0.1, 0.15) is 6.92 Å². The van der Waals surface area contributed by atoms with Crippen molar-refractivity contribution in [3.63, 3.8) is 0 Å². The van der Waals surface area contributed by atoms with Crippen molar-refractivity contribution in [1.82, 2.24) is 14.5 Å². The van der Waals surface area contributed by atoms with E-state index < -0.39 is 10.0 Å². The average molecular weight is 339 g/mol. The van der Waals surface area contributed by atoms with Gasteiger partial charge in [0.05, 0.1) is 18.0 Å². The van der Waals surface area contributed by atoms with Crippen molar-refractivity contribution in [1.29, 1.82) is 0 Å². The summed E-state index contributed by atoms with van der Waals surface area (Å²) in [4.78, 5) is 0.198. The number of hydrogen-bond acceptors (Lipinski definition) is 5. The van der Waals surface area contributed by atoms with Crippen LogP contribution in [0.15, 0.2) is 47.6 Å². The summed E-state index contributed by atoms with van der Waals surface area (Å²) in [5, 5.41) is 4.06. The molecule has 2 rings (SSSR count). The fourth-order valence-electron chi connectivity index (χ4n) is 2.02. The fourth-order valence-corrected chi connectivity index (χ4v) is 3.25. The topological polar surface area (TPSA) is 82.5 Å². The van der Waals surface area contributed by atoms with Gasteiger partial charge in [-0.05, 0) is 37.3 Å². The van der Waals surface area contributed by atoms with Crippen LogP contribution in [-0.2, 0) is 21.3 Å². The van der Waals surface area contributed by atoms with Gasteiger partial charge in [-0.3, -0.25) is 4.68 Å². The molecular weight excluding hydrogens is 318 g/mol. The second-order valence-corrected chi connectivity index (χ2v) is 6.78. The van der Waals surface area contributed by atoms with E-state index >= 15 is 0 Å². The number of sulfonamides is 1. The quantitative estimate of drug-likeness (QED) is 0.696. The second kappa shape index (κ2) is 8.09. The molecule has 0 fully saturated rings. The first kappa shape index (κ1) is 17.5. The number of nitrogens with zero attached hydrogens (tertiary/aromatic N) is 2. The van der Waals surface area contributed by atoms with E-state index in [9.17, 15) is 8.42 Å². The molecule has 0 saturated heterocycles. The summed E-state index contributed by atoms with van der Waals surface area (Å²) in [7, 11) is -1.98. The predicted octanol–water partition coefficient (Wildman–Crippen LogP) is 1.28. The average Bonchev–Trinajstić information content (AvgIpc) is 3.00. The Balaban J connectivity index is 1.95. The number of ether oxygens (including phenoxy) is 2. The molecule has 2 aromatic rings. The standard InChI is InChI=1S/C15H21N3O4S/c1-13(12-18-9-3-8-16-18)17-23(19,20)15-6-4-14(5-7-15)22-11-10-21-2/h3-9,13,17H,10-12H2,1-2H3. The molecule has 0 spiro atoms. The lowest BCUT2D eigenvalue weighted by molar-refractivity contribution is 0.146. The first-order chi connectivity index (χ1) is 11.0. The maximum atomic E-state index is 12.3. The van der Waals surface area contributed by atoms with Gasteiger partial charge < -0.3 is 9.47 Å². The maximum absolute atomic E-state index is 12.3. The smallest absolute Gasteiger partial charge is 0.240 e. The first-order valence-corrected chi connectivity index (χ1v) is 8.71. The minimum Gasteiger partial charge on any atom is -0.491 e. The molecule has 0 aliphatic carbocycles. The third-order valence-electron chi connectivity index (χ3n) is 3.07. The molecule has 1 atom stereocenters. The number of methoxy groups -OCH3 is 1. The van der Waals surface area contributed by atoms with Crippen molar-refractivity contribution in [2.45, 2.75) is 24.4 Å². The Morgan fingerprint density at radius 2 is 2.00 bits per heavy atom. The van der Waals surface area contributed by atoms with Gasteiger partial charge in [-0.1, -0.05) is 0 Å². The van der Waals surface area contributed by atoms with Crippen LogP contribution in [0.4, 0.5) is 0 Å². The van der Waals surface area contributed by atoms with Crippen LogP contribution in [0.5, 0.6) is 5.75 Å². The third-order valence-corrected chi connectivity index (χ3v) is 4.67. The van der Waals surface area contributed by atoms with Gasteiger partial charge in [-0.2, -0.15) is 5.10 Å². The lowest BCUT2D eigenvalue weighted by Crippen LogP contribution is -2.35. The normalized spacial score (nSPS) is 13.0. The number of rotatable bonds is 9. The zero-order valence-electron chi connectivity index (χ0n) is 13.2. The molecule has 126 valence electrons. The van der Waals surface area contributed by atoms with E-state index in [0.717, 1.165) is 0 Å². The number of nitrogens with one attached hydrogen (secondary N) is 1. The van der Waals surface area contributed by atoms with Crippen LogP contribution in [0.25, 0.3) is 0 Å². The van der Waals surface area contributed by atoms with E-state index in [4.69, 9.17) is 9.47 Å². The van der Waals surface area contributed by atoms with E-state index in [0.29, 0.717) is 25.5 Å². The molecule has 0 radical (unpaired) electrons. The van der Waals surface area contributed by atoms with Gasteiger partial charge in [0.2, 0.25) is 10.0 Å². The molecule has 0 saturated carbocycles. The fraction of sp³-hybridized carbons (Fsp3) is 0.400. The van der Waals surface area contributed by atoms with Crippen LogP contribution in [0.2, 0.25) is 0 Å². The molecule has 0 amide bonds. The minimum atomic E-state index is -3.58. The molecule has 0 aliphatic heterocycles. The Morgan fingerprint density at radius 3 is 2.61 bits per heavy atom. The first-order valence-electron chi connectivity index (χ1n) is 7.23. The summed E-state index contributed by atoms with van der Waals surface area (Å²) in [6.07, 6.45) is 3.44. The summed E-state index contributed by atoms with van der Waals surface area (Å²) in [6, 6.07) is 7.81. The highest BCUT2D eigenvalue weighted by Crippen LogP contribution is 2.16. The van der Waals surface area contributed by atoms with Crippen molar-refractivity contribution in [3.05, 3.63) is 42.7 Å². The summed E-state index contributed by atoms with van der Waals surface area (Å²) >= 11 is 0. The van der Waals surface area contributed by atoms with E-state index in [1.54, 1.807) is 49.3 Å².